The van der Waals surface area contributed by atoms with Crippen molar-refractivity contribution in [1.29, 1.82) is 0 Å². The smallest absolute Gasteiger partial charge is 0.225 e. The maximum absolute atomic E-state index is 11.9. The lowest BCUT2D eigenvalue weighted by Gasteiger charge is -2.07. The van der Waals surface area contributed by atoms with Gasteiger partial charge in [-0.25, -0.2) is 4.39 Å². The summed E-state index contributed by atoms with van der Waals surface area (Å²) in [6.45, 7) is -0.214. The first-order valence-electron chi connectivity index (χ1n) is 5.05. The second kappa shape index (κ2) is 6.79. The Balaban J connectivity index is 2.56. The second-order valence-electron chi connectivity index (χ2n) is 3.15. The van der Waals surface area contributed by atoms with Crippen LogP contribution in [0.1, 0.15) is 6.42 Å². The number of halogens is 1. The third-order valence-electron chi connectivity index (χ3n) is 1.84. The van der Waals surface area contributed by atoms with Crippen molar-refractivity contribution in [1.82, 2.24) is 0 Å². The molecule has 0 atom stereocenters. The molecule has 4 nitrogen and oxygen atoms in total. The second-order valence-corrected chi connectivity index (χ2v) is 3.15. The average Bonchev–Trinajstić information content (AvgIpc) is 2.27. The number of amides is 1. The van der Waals surface area contributed by atoms with Crippen molar-refractivity contribution < 1.29 is 13.9 Å². The average molecular weight is 226 g/mol. The van der Waals surface area contributed by atoms with E-state index in [1.807, 2.05) is 0 Å². The molecule has 0 aliphatic carbocycles. The van der Waals surface area contributed by atoms with Crippen molar-refractivity contribution in [3.8, 4) is 5.75 Å². The summed E-state index contributed by atoms with van der Waals surface area (Å²) in [6.07, 6.45) is 0.273. The van der Waals surface area contributed by atoms with Crippen LogP contribution in [0.2, 0.25) is 0 Å². The van der Waals surface area contributed by atoms with Gasteiger partial charge in [0, 0.05) is 24.7 Å². The maximum atomic E-state index is 11.9. The summed E-state index contributed by atoms with van der Waals surface area (Å²) < 4.78 is 17.0. The molecule has 0 aliphatic rings. The topological polar surface area (TPSA) is 64.4 Å². The highest BCUT2D eigenvalue weighted by Crippen LogP contribution is 2.17. The standard InChI is InChI=1S/C11H15FN2O2/c12-5-7-16-10-3-1-2-9(8-10)14-11(15)4-6-13/h1-3,8H,4-7,13H2,(H,14,15). The molecule has 0 saturated carbocycles. The molecule has 16 heavy (non-hydrogen) atoms. The number of benzene rings is 1. The summed E-state index contributed by atoms with van der Waals surface area (Å²) in [6, 6.07) is 6.81. The summed E-state index contributed by atoms with van der Waals surface area (Å²) in [4.78, 5) is 11.2. The van der Waals surface area contributed by atoms with Gasteiger partial charge in [-0.3, -0.25) is 4.79 Å². The van der Waals surface area contributed by atoms with Gasteiger partial charge in [0.2, 0.25) is 5.91 Å². The van der Waals surface area contributed by atoms with E-state index in [4.69, 9.17) is 10.5 Å². The molecule has 3 N–H and O–H groups in total. The molecule has 0 saturated heterocycles. The van der Waals surface area contributed by atoms with E-state index in [2.05, 4.69) is 5.32 Å². The van der Waals surface area contributed by atoms with Crippen molar-refractivity contribution in [2.75, 3.05) is 25.1 Å². The van der Waals surface area contributed by atoms with Crippen LogP contribution in [0.25, 0.3) is 0 Å². The third kappa shape index (κ3) is 4.27. The molecule has 1 aromatic carbocycles. The van der Waals surface area contributed by atoms with Gasteiger partial charge in [-0.2, -0.15) is 0 Å². The summed E-state index contributed by atoms with van der Waals surface area (Å²) in [5.74, 6) is 0.383. The number of alkyl halides is 1. The van der Waals surface area contributed by atoms with E-state index in [-0.39, 0.29) is 18.9 Å². The molecule has 0 aromatic heterocycles. The fourth-order valence-electron chi connectivity index (χ4n) is 1.17. The summed E-state index contributed by atoms with van der Waals surface area (Å²) in [7, 11) is 0. The van der Waals surface area contributed by atoms with E-state index in [1.54, 1.807) is 24.3 Å². The SMILES string of the molecule is NCCC(=O)Nc1cccc(OCCF)c1. The molecule has 88 valence electrons. The largest absolute Gasteiger partial charge is 0.491 e. The van der Waals surface area contributed by atoms with Gasteiger partial charge in [0.25, 0.3) is 0 Å². The van der Waals surface area contributed by atoms with E-state index in [0.717, 1.165) is 0 Å². The quantitative estimate of drug-likeness (QED) is 0.769. The molecule has 1 amide bonds. The highest BCUT2D eigenvalue weighted by molar-refractivity contribution is 5.90. The van der Waals surface area contributed by atoms with Crippen LogP contribution in [0.3, 0.4) is 0 Å². The Bertz CT molecular complexity index is 345. The Labute approximate surface area is 93.6 Å². The maximum Gasteiger partial charge on any atom is 0.225 e. The van der Waals surface area contributed by atoms with Crippen molar-refractivity contribution in [2.24, 2.45) is 5.73 Å². The first-order chi connectivity index (χ1) is 7.76. The number of rotatable bonds is 6. The first-order valence-corrected chi connectivity index (χ1v) is 5.05. The number of nitrogens with two attached hydrogens (primary N) is 1. The molecule has 5 heteroatoms. The molecule has 0 radical (unpaired) electrons. The molecule has 0 heterocycles. The Hall–Kier alpha value is -1.62. The Morgan fingerprint density at radius 1 is 1.50 bits per heavy atom. The molecule has 1 aromatic rings. The number of nitrogens with one attached hydrogen (secondary N) is 1. The zero-order valence-electron chi connectivity index (χ0n) is 8.91. The minimum absolute atomic E-state index is 0.0141. The van der Waals surface area contributed by atoms with Crippen LogP contribution in [0, 0.1) is 0 Å². The molecule has 1 rings (SSSR count). The van der Waals surface area contributed by atoms with Crippen molar-refractivity contribution in [3.05, 3.63) is 24.3 Å². The monoisotopic (exact) mass is 226 g/mol. The molecule has 0 unspecified atom stereocenters. The van der Waals surface area contributed by atoms with E-state index < -0.39 is 6.67 Å². The number of carbonyl (C=O) groups excluding carboxylic acids is 1. The Morgan fingerprint density at radius 2 is 2.31 bits per heavy atom. The molecule has 0 spiro atoms. The molecular weight excluding hydrogens is 211 g/mol. The zero-order chi connectivity index (χ0) is 11.8. The highest BCUT2D eigenvalue weighted by atomic mass is 19.1. The molecular formula is C11H15FN2O2. The lowest BCUT2D eigenvalue weighted by molar-refractivity contribution is -0.116. The van der Waals surface area contributed by atoms with Gasteiger partial charge in [-0.1, -0.05) is 6.07 Å². The van der Waals surface area contributed by atoms with Gasteiger partial charge < -0.3 is 15.8 Å². The van der Waals surface area contributed by atoms with Gasteiger partial charge in [-0.15, -0.1) is 0 Å². The molecule has 0 bridgehead atoms. The number of hydrogen-bond donors (Lipinski definition) is 2. The van der Waals surface area contributed by atoms with Crippen molar-refractivity contribution in [3.63, 3.8) is 0 Å². The normalized spacial score (nSPS) is 9.88. The van der Waals surface area contributed by atoms with Crippen LogP contribution in [-0.4, -0.2) is 25.7 Å². The van der Waals surface area contributed by atoms with E-state index in [0.29, 0.717) is 18.0 Å². The lowest BCUT2D eigenvalue weighted by Crippen LogP contribution is -2.16. The van der Waals surface area contributed by atoms with Crippen LogP contribution in [0.5, 0.6) is 5.75 Å². The van der Waals surface area contributed by atoms with Crippen LogP contribution >= 0.6 is 0 Å². The van der Waals surface area contributed by atoms with Gasteiger partial charge in [-0.05, 0) is 12.1 Å². The van der Waals surface area contributed by atoms with Crippen molar-refractivity contribution >= 4 is 11.6 Å². The number of anilines is 1. The minimum Gasteiger partial charge on any atom is -0.491 e. The van der Waals surface area contributed by atoms with E-state index >= 15 is 0 Å². The lowest BCUT2D eigenvalue weighted by atomic mass is 10.3. The highest BCUT2D eigenvalue weighted by Gasteiger charge is 2.01. The predicted octanol–water partition coefficient (Wildman–Crippen LogP) is 1.32. The minimum atomic E-state index is -0.538. The third-order valence-corrected chi connectivity index (χ3v) is 1.84. The van der Waals surface area contributed by atoms with Gasteiger partial charge in [0.1, 0.15) is 19.0 Å². The first kappa shape index (κ1) is 12.4. The van der Waals surface area contributed by atoms with Gasteiger partial charge >= 0.3 is 0 Å². The van der Waals surface area contributed by atoms with Gasteiger partial charge in [0.05, 0.1) is 0 Å². The zero-order valence-corrected chi connectivity index (χ0v) is 8.91. The summed E-state index contributed by atoms with van der Waals surface area (Å²) in [5, 5.41) is 2.67. The fourth-order valence-corrected chi connectivity index (χ4v) is 1.17. The fraction of sp³-hybridized carbons (Fsp3) is 0.364. The predicted molar refractivity (Wildman–Crippen MR) is 60.2 cm³/mol. The van der Waals surface area contributed by atoms with Crippen LogP contribution < -0.4 is 15.8 Å². The van der Waals surface area contributed by atoms with Gasteiger partial charge in [0.15, 0.2) is 0 Å². The molecule has 0 aliphatic heterocycles. The van der Waals surface area contributed by atoms with E-state index in [1.165, 1.54) is 0 Å². The van der Waals surface area contributed by atoms with Crippen molar-refractivity contribution in [2.45, 2.75) is 6.42 Å². The number of carbonyl (C=O) groups is 1. The number of hydrogen-bond acceptors (Lipinski definition) is 3. The number of ether oxygens (including phenoxy) is 1. The van der Waals surface area contributed by atoms with Crippen LogP contribution in [0.4, 0.5) is 10.1 Å². The van der Waals surface area contributed by atoms with Crippen LogP contribution in [0.15, 0.2) is 24.3 Å². The summed E-state index contributed by atoms with van der Waals surface area (Å²) >= 11 is 0. The van der Waals surface area contributed by atoms with E-state index in [9.17, 15) is 9.18 Å². The Kier molecular flexibility index (Phi) is 5.28. The summed E-state index contributed by atoms with van der Waals surface area (Å²) in [5.41, 5.74) is 5.87. The van der Waals surface area contributed by atoms with Crippen LogP contribution in [-0.2, 0) is 4.79 Å². The molecule has 0 fully saturated rings. The Morgan fingerprint density at radius 3 is 3.00 bits per heavy atom.